The third kappa shape index (κ3) is 6.67. The van der Waals surface area contributed by atoms with E-state index in [4.69, 9.17) is 6.42 Å². The second kappa shape index (κ2) is 11.1. The van der Waals surface area contributed by atoms with Crippen molar-refractivity contribution in [3.05, 3.63) is 78.4 Å². The maximum absolute atomic E-state index is 12.4. The van der Waals surface area contributed by atoms with Gasteiger partial charge in [-0.25, -0.2) is 0 Å². The fraction of sp³-hybridized carbons (Fsp3) is 0.136. The third-order valence-electron chi connectivity index (χ3n) is 4.06. The molecule has 1 aromatic carbocycles. The molecule has 1 aromatic heterocycles. The van der Waals surface area contributed by atoms with Crippen molar-refractivity contribution >= 4 is 23.5 Å². The SMILES string of the molecule is C#Cc1cncc(C(=O)Nc2cccc(C(C)N[C-]=CN=C3C=[N+](C)[CH-]3)c2)c1.[K+]. The molecular formula is C22H20KN5O. The standard InChI is InChI=1S/C22H20N5O.K/c1-4-17-10-19(13-23-12-17)22(28)26-20-7-5-6-18(11-20)16(2)24-8-9-25-21-14-27(3)15-21;/h1,5-7,9-16,24H,2-3H3,(H,26,28);/q-1;+1. The molecule has 0 radical (unpaired) electrons. The number of amides is 1. The summed E-state index contributed by atoms with van der Waals surface area (Å²) in [5.41, 5.74) is 3.57. The molecule has 0 saturated heterocycles. The van der Waals surface area contributed by atoms with Gasteiger partial charge in [0.25, 0.3) is 5.91 Å². The summed E-state index contributed by atoms with van der Waals surface area (Å²) >= 11 is 0. The quantitative estimate of drug-likeness (QED) is 0.224. The topological polar surface area (TPSA) is 69.4 Å². The Morgan fingerprint density at radius 1 is 1.41 bits per heavy atom. The van der Waals surface area contributed by atoms with Crippen LogP contribution in [0.15, 0.2) is 53.9 Å². The normalized spacial score (nSPS) is 14.7. The monoisotopic (exact) mass is 409 g/mol. The Kier molecular flexibility index (Phi) is 8.83. The molecule has 1 aliphatic rings. The van der Waals surface area contributed by atoms with Crippen molar-refractivity contribution < 1.29 is 60.8 Å². The minimum absolute atomic E-state index is 0. The second-order valence-corrected chi connectivity index (χ2v) is 6.30. The molecule has 140 valence electrons. The maximum Gasteiger partial charge on any atom is 1.00 e. The van der Waals surface area contributed by atoms with Crippen LogP contribution in [-0.2, 0) is 0 Å². The van der Waals surface area contributed by atoms with E-state index in [0.29, 0.717) is 16.8 Å². The van der Waals surface area contributed by atoms with Crippen LogP contribution < -0.4 is 62.0 Å². The molecule has 1 atom stereocenters. The number of carbonyl (C=O) groups excluding carboxylic acids is 1. The molecule has 0 spiro atoms. The maximum atomic E-state index is 12.4. The van der Waals surface area contributed by atoms with E-state index >= 15 is 0 Å². The first-order chi connectivity index (χ1) is 13.5. The molecule has 0 bridgehead atoms. The van der Waals surface area contributed by atoms with Crippen LogP contribution in [-0.4, -0.2) is 34.4 Å². The van der Waals surface area contributed by atoms with Crippen molar-refractivity contribution in [1.29, 1.82) is 0 Å². The van der Waals surface area contributed by atoms with Gasteiger partial charge in [-0.1, -0.05) is 18.1 Å². The van der Waals surface area contributed by atoms with E-state index < -0.39 is 0 Å². The smallest absolute Gasteiger partial charge is 0.560 e. The molecule has 2 aromatic rings. The summed E-state index contributed by atoms with van der Waals surface area (Å²) in [5.74, 6) is 2.21. The van der Waals surface area contributed by atoms with E-state index in [1.807, 2.05) is 55.6 Å². The Labute approximate surface area is 213 Å². The van der Waals surface area contributed by atoms with Crippen molar-refractivity contribution in [2.45, 2.75) is 13.0 Å². The van der Waals surface area contributed by atoms with Crippen LogP contribution in [0.5, 0.6) is 0 Å². The summed E-state index contributed by atoms with van der Waals surface area (Å²) < 4.78 is 1.93. The molecule has 2 N–H and O–H groups in total. The fourth-order valence-corrected chi connectivity index (χ4v) is 2.56. The Hall–Kier alpha value is -2.21. The number of nitrogens with zero attached hydrogens (tertiary/aromatic N) is 3. The summed E-state index contributed by atoms with van der Waals surface area (Å²) in [5, 5.41) is 6.01. The molecule has 7 heteroatoms. The Morgan fingerprint density at radius 3 is 2.93 bits per heavy atom. The summed E-state index contributed by atoms with van der Waals surface area (Å²) in [6.45, 7) is 3.92. The molecule has 2 heterocycles. The molecule has 1 amide bonds. The Bertz CT molecular complexity index is 1020. The molecule has 6 nitrogen and oxygen atoms in total. The zero-order valence-corrected chi connectivity index (χ0v) is 19.8. The molecule has 1 aliphatic heterocycles. The zero-order chi connectivity index (χ0) is 19.9. The molecule has 0 fully saturated rings. The van der Waals surface area contributed by atoms with E-state index in [-0.39, 0.29) is 63.3 Å². The van der Waals surface area contributed by atoms with Crippen LogP contribution in [0.3, 0.4) is 0 Å². The van der Waals surface area contributed by atoms with Crippen molar-refractivity contribution in [2.24, 2.45) is 4.99 Å². The number of aliphatic imine (C=N–C) groups is 1. The minimum atomic E-state index is -0.261. The van der Waals surface area contributed by atoms with Crippen LogP contribution in [0.1, 0.15) is 34.5 Å². The van der Waals surface area contributed by atoms with Gasteiger partial charge in [0.15, 0.2) is 0 Å². The van der Waals surface area contributed by atoms with Gasteiger partial charge in [0.2, 0.25) is 0 Å². The van der Waals surface area contributed by atoms with Crippen molar-refractivity contribution in [3.63, 3.8) is 0 Å². The predicted molar refractivity (Wildman–Crippen MR) is 110 cm³/mol. The van der Waals surface area contributed by atoms with E-state index in [0.717, 1.165) is 11.3 Å². The van der Waals surface area contributed by atoms with Gasteiger partial charge in [-0.05, 0) is 30.7 Å². The molecule has 29 heavy (non-hydrogen) atoms. The average Bonchev–Trinajstić information content (AvgIpc) is 2.69. The molecule has 3 rings (SSSR count). The Morgan fingerprint density at radius 2 is 2.21 bits per heavy atom. The van der Waals surface area contributed by atoms with Crippen LogP contribution >= 0.6 is 0 Å². The van der Waals surface area contributed by atoms with Gasteiger partial charge in [-0.3, -0.25) is 9.78 Å². The summed E-state index contributed by atoms with van der Waals surface area (Å²) in [6, 6.07) is 9.23. The van der Waals surface area contributed by atoms with Crippen LogP contribution in [0, 0.1) is 25.1 Å². The van der Waals surface area contributed by atoms with Crippen LogP contribution in [0.25, 0.3) is 0 Å². The number of benzene rings is 1. The van der Waals surface area contributed by atoms with Gasteiger partial charge in [-0.15, -0.1) is 12.6 Å². The van der Waals surface area contributed by atoms with Gasteiger partial charge in [0, 0.05) is 29.7 Å². The number of rotatable bonds is 6. The first-order valence-electron chi connectivity index (χ1n) is 8.70. The largest absolute Gasteiger partial charge is 1.00 e. The molecule has 0 saturated carbocycles. The first kappa shape index (κ1) is 23.1. The van der Waals surface area contributed by atoms with Gasteiger partial charge in [-0.2, -0.15) is 0 Å². The number of terminal acetylenes is 1. The van der Waals surface area contributed by atoms with Crippen molar-refractivity contribution in [3.8, 4) is 12.3 Å². The van der Waals surface area contributed by atoms with Crippen molar-refractivity contribution in [1.82, 2.24) is 10.3 Å². The van der Waals surface area contributed by atoms with Crippen LogP contribution in [0.2, 0.25) is 0 Å². The molecule has 1 unspecified atom stereocenters. The number of pyridine rings is 1. The van der Waals surface area contributed by atoms with E-state index in [1.165, 1.54) is 6.20 Å². The number of anilines is 1. The zero-order valence-electron chi connectivity index (χ0n) is 16.7. The Balaban J connectivity index is 0.00000300. The molecule has 0 aliphatic carbocycles. The fourth-order valence-electron chi connectivity index (χ4n) is 2.56. The second-order valence-electron chi connectivity index (χ2n) is 6.30. The van der Waals surface area contributed by atoms with Gasteiger partial charge < -0.3 is 26.4 Å². The molecular weight excluding hydrogens is 389 g/mol. The van der Waals surface area contributed by atoms with Crippen molar-refractivity contribution in [2.75, 3.05) is 12.4 Å². The van der Waals surface area contributed by atoms with Gasteiger partial charge >= 0.3 is 51.4 Å². The third-order valence-corrected chi connectivity index (χ3v) is 4.06. The number of carbonyl (C=O) groups is 1. The van der Waals surface area contributed by atoms with E-state index in [9.17, 15) is 4.79 Å². The number of nitrogens with one attached hydrogen (secondary N) is 2. The number of aromatic nitrogens is 1. The van der Waals surface area contributed by atoms with E-state index in [2.05, 4.69) is 32.7 Å². The summed E-state index contributed by atoms with van der Waals surface area (Å²) in [6.07, 6.45) is 14.9. The number of hydrogen-bond donors (Lipinski definition) is 2. The van der Waals surface area contributed by atoms with Crippen LogP contribution in [0.4, 0.5) is 5.69 Å². The van der Waals surface area contributed by atoms with Gasteiger partial charge in [0.05, 0.1) is 24.0 Å². The first-order valence-corrected chi connectivity index (χ1v) is 8.70. The summed E-state index contributed by atoms with van der Waals surface area (Å²) in [7, 11) is 1.95. The minimum Gasteiger partial charge on any atom is -0.560 e. The van der Waals surface area contributed by atoms with Gasteiger partial charge in [0.1, 0.15) is 7.05 Å². The van der Waals surface area contributed by atoms with E-state index in [1.54, 1.807) is 18.5 Å². The predicted octanol–water partition coefficient (Wildman–Crippen LogP) is -0.426. The summed E-state index contributed by atoms with van der Waals surface area (Å²) in [4.78, 5) is 20.6. The number of hydrogen-bond acceptors (Lipinski definition) is 4. The average molecular weight is 410 g/mol.